The zero-order chi connectivity index (χ0) is 12.8. The molecule has 17 heavy (non-hydrogen) atoms. The molecule has 6 heteroatoms. The normalized spacial score (nSPS) is 9.41. The van der Waals surface area contributed by atoms with Crippen LogP contribution < -0.4 is 14.2 Å². The van der Waals surface area contributed by atoms with Crippen LogP contribution in [0, 0.1) is 5.82 Å². The van der Waals surface area contributed by atoms with Gasteiger partial charge in [-0.1, -0.05) is 0 Å². The summed E-state index contributed by atoms with van der Waals surface area (Å²) in [6.45, 7) is -0.0933. The molecule has 1 aromatic rings. The Balaban J connectivity index is 3.45. The molecule has 5 nitrogen and oxygen atoms in total. The van der Waals surface area contributed by atoms with E-state index in [1.54, 1.807) is 0 Å². The van der Waals surface area contributed by atoms with Gasteiger partial charge in [0.05, 0.1) is 33.4 Å². The second-order valence-electron chi connectivity index (χ2n) is 3.01. The van der Waals surface area contributed by atoms with Crippen LogP contribution in [0.25, 0.3) is 0 Å². The summed E-state index contributed by atoms with van der Waals surface area (Å²) in [6.07, 6.45) is 1.38. The predicted octanol–water partition coefficient (Wildman–Crippen LogP) is 1.69. The number of hydrogen-bond donors (Lipinski definition) is 0. The van der Waals surface area contributed by atoms with Crippen LogP contribution in [0.1, 0.15) is 5.56 Å². The first kappa shape index (κ1) is 13.0. The lowest BCUT2D eigenvalue weighted by Gasteiger charge is -2.15. The third-order valence-corrected chi connectivity index (χ3v) is 2.18. The number of hydrogen-bond acceptors (Lipinski definition) is 5. The largest absolute Gasteiger partial charge is 0.493 e. The molecule has 0 bridgehead atoms. The Kier molecular flexibility index (Phi) is 4.48. The SMILES string of the molecule is COc1cc(F)c(OC)c(CN=C=O)c1OC. The number of nitrogens with zero attached hydrogens (tertiary/aromatic N) is 1. The second-order valence-corrected chi connectivity index (χ2v) is 3.01. The Morgan fingerprint density at radius 3 is 2.35 bits per heavy atom. The summed E-state index contributed by atoms with van der Waals surface area (Å²) in [5.41, 5.74) is 0.301. The van der Waals surface area contributed by atoms with Crippen LogP contribution in [0.2, 0.25) is 0 Å². The molecule has 0 heterocycles. The summed E-state index contributed by atoms with van der Waals surface area (Å²) in [5.74, 6) is -0.144. The number of carbonyl (C=O) groups excluding carboxylic acids is 1. The molecule has 0 unspecified atom stereocenters. The van der Waals surface area contributed by atoms with Gasteiger partial charge in [-0.05, 0) is 0 Å². The Morgan fingerprint density at radius 1 is 1.24 bits per heavy atom. The van der Waals surface area contributed by atoms with E-state index >= 15 is 0 Å². The van der Waals surface area contributed by atoms with Crippen molar-refractivity contribution in [3.05, 3.63) is 17.4 Å². The highest BCUT2D eigenvalue weighted by atomic mass is 19.1. The van der Waals surface area contributed by atoms with Crippen molar-refractivity contribution in [2.75, 3.05) is 21.3 Å². The van der Waals surface area contributed by atoms with Crippen LogP contribution in [0.5, 0.6) is 17.2 Å². The molecule has 0 aliphatic rings. The number of methoxy groups -OCH3 is 3. The van der Waals surface area contributed by atoms with Gasteiger partial charge in [0.15, 0.2) is 23.1 Å². The number of halogens is 1. The summed E-state index contributed by atoms with van der Waals surface area (Å²) in [6, 6.07) is 1.14. The minimum Gasteiger partial charge on any atom is -0.493 e. The van der Waals surface area contributed by atoms with Gasteiger partial charge in [0.25, 0.3) is 0 Å². The zero-order valence-corrected chi connectivity index (χ0v) is 9.74. The van der Waals surface area contributed by atoms with E-state index in [0.29, 0.717) is 5.56 Å². The predicted molar refractivity (Wildman–Crippen MR) is 57.9 cm³/mol. The lowest BCUT2D eigenvalue weighted by atomic mass is 10.1. The lowest BCUT2D eigenvalue weighted by Crippen LogP contribution is -2.01. The lowest BCUT2D eigenvalue weighted by molar-refractivity contribution is 0.333. The number of isocyanates is 1. The van der Waals surface area contributed by atoms with Gasteiger partial charge in [0.2, 0.25) is 6.08 Å². The van der Waals surface area contributed by atoms with Gasteiger partial charge in [-0.2, -0.15) is 0 Å². The van der Waals surface area contributed by atoms with E-state index in [1.807, 2.05) is 0 Å². The van der Waals surface area contributed by atoms with E-state index in [4.69, 9.17) is 14.2 Å². The monoisotopic (exact) mass is 241 g/mol. The van der Waals surface area contributed by atoms with Gasteiger partial charge >= 0.3 is 0 Å². The molecule has 1 aromatic carbocycles. The fraction of sp³-hybridized carbons (Fsp3) is 0.364. The highest BCUT2D eigenvalue weighted by molar-refractivity contribution is 5.55. The summed E-state index contributed by atoms with van der Waals surface area (Å²) >= 11 is 0. The summed E-state index contributed by atoms with van der Waals surface area (Å²) in [5, 5.41) is 0. The molecule has 0 aliphatic heterocycles. The fourth-order valence-corrected chi connectivity index (χ4v) is 1.49. The van der Waals surface area contributed by atoms with Gasteiger partial charge in [-0.15, -0.1) is 0 Å². The number of benzene rings is 1. The summed E-state index contributed by atoms with van der Waals surface area (Å²) in [4.78, 5) is 13.5. The molecule has 0 spiro atoms. The third-order valence-electron chi connectivity index (χ3n) is 2.18. The minimum absolute atomic E-state index is 0.0262. The molecule has 0 amide bonds. The van der Waals surface area contributed by atoms with Crippen molar-refractivity contribution in [3.8, 4) is 17.2 Å². The Bertz CT molecular complexity index is 455. The molecule has 0 fully saturated rings. The third kappa shape index (κ3) is 2.54. The average molecular weight is 241 g/mol. The Hall–Kier alpha value is -2.07. The van der Waals surface area contributed by atoms with Crippen molar-refractivity contribution in [1.82, 2.24) is 0 Å². The van der Waals surface area contributed by atoms with Crippen molar-refractivity contribution < 1.29 is 23.4 Å². The molecule has 0 aliphatic carbocycles. The maximum absolute atomic E-state index is 13.6. The first-order valence-electron chi connectivity index (χ1n) is 4.70. The molecular formula is C11H12FNO4. The van der Waals surface area contributed by atoms with Crippen molar-refractivity contribution >= 4 is 6.08 Å². The maximum atomic E-state index is 13.6. The first-order chi connectivity index (χ1) is 8.19. The van der Waals surface area contributed by atoms with Gasteiger partial charge in [-0.3, -0.25) is 0 Å². The Labute approximate surface area is 97.8 Å². The van der Waals surface area contributed by atoms with Crippen LogP contribution >= 0.6 is 0 Å². The van der Waals surface area contributed by atoms with Gasteiger partial charge in [0.1, 0.15) is 0 Å². The number of rotatable bonds is 5. The zero-order valence-electron chi connectivity index (χ0n) is 9.74. The van der Waals surface area contributed by atoms with Gasteiger partial charge in [-0.25, -0.2) is 14.2 Å². The van der Waals surface area contributed by atoms with E-state index < -0.39 is 5.82 Å². The average Bonchev–Trinajstić information content (AvgIpc) is 2.35. The molecule has 92 valence electrons. The molecule has 0 saturated carbocycles. The van der Waals surface area contributed by atoms with E-state index in [2.05, 4.69) is 4.99 Å². The number of aliphatic imine (C=N–C) groups is 1. The highest BCUT2D eigenvalue weighted by Gasteiger charge is 2.20. The molecule has 0 radical (unpaired) electrons. The Morgan fingerprint density at radius 2 is 1.88 bits per heavy atom. The van der Waals surface area contributed by atoms with E-state index in [9.17, 15) is 9.18 Å². The van der Waals surface area contributed by atoms with Crippen molar-refractivity contribution in [2.45, 2.75) is 6.54 Å². The summed E-state index contributed by atoms with van der Waals surface area (Å²) in [7, 11) is 4.11. The van der Waals surface area contributed by atoms with Crippen LogP contribution in [-0.2, 0) is 11.3 Å². The second kappa shape index (κ2) is 5.86. The smallest absolute Gasteiger partial charge is 0.235 e. The van der Waals surface area contributed by atoms with Crippen molar-refractivity contribution in [3.63, 3.8) is 0 Å². The van der Waals surface area contributed by atoms with Gasteiger partial charge < -0.3 is 14.2 Å². The van der Waals surface area contributed by atoms with Crippen LogP contribution in [0.15, 0.2) is 11.1 Å². The molecule has 0 atom stereocenters. The molecule has 0 aromatic heterocycles. The number of ether oxygens (including phenoxy) is 3. The first-order valence-corrected chi connectivity index (χ1v) is 4.70. The van der Waals surface area contributed by atoms with E-state index in [1.165, 1.54) is 27.4 Å². The standard InChI is InChI=1S/C11H12FNO4/c1-15-9-4-8(12)10(16-2)7(5-13-6-14)11(9)17-3/h4H,5H2,1-3H3. The topological polar surface area (TPSA) is 57.1 Å². The maximum Gasteiger partial charge on any atom is 0.235 e. The van der Waals surface area contributed by atoms with Crippen LogP contribution in [0.3, 0.4) is 0 Å². The molecule has 0 N–H and O–H groups in total. The quantitative estimate of drug-likeness (QED) is 0.581. The van der Waals surface area contributed by atoms with E-state index in [-0.39, 0.29) is 23.8 Å². The highest BCUT2D eigenvalue weighted by Crippen LogP contribution is 2.39. The molecule has 0 saturated heterocycles. The fourth-order valence-electron chi connectivity index (χ4n) is 1.49. The molecule has 1 rings (SSSR count). The van der Waals surface area contributed by atoms with E-state index in [0.717, 1.165) is 6.07 Å². The minimum atomic E-state index is -0.610. The molecular weight excluding hydrogens is 229 g/mol. The van der Waals surface area contributed by atoms with Gasteiger partial charge in [0, 0.05) is 6.07 Å². The van der Waals surface area contributed by atoms with Crippen LogP contribution in [-0.4, -0.2) is 27.4 Å². The van der Waals surface area contributed by atoms with Crippen LogP contribution in [0.4, 0.5) is 4.39 Å². The summed E-state index contributed by atoms with van der Waals surface area (Å²) < 4.78 is 28.6. The van der Waals surface area contributed by atoms with Crippen molar-refractivity contribution in [2.24, 2.45) is 4.99 Å². The van der Waals surface area contributed by atoms with Crippen molar-refractivity contribution in [1.29, 1.82) is 0 Å².